The van der Waals surface area contributed by atoms with E-state index in [0.717, 1.165) is 25.0 Å². The second-order valence-electron chi connectivity index (χ2n) is 3.84. The fourth-order valence-electron chi connectivity index (χ4n) is 1.90. The standard InChI is InChI=1S/C12H17N3S/c1-3-5-9-10(14-15-12(9)13)11-8(4-2)6-7-16-11/h6-7H,3-5H2,1-2H3,(H3,13,14,15). The van der Waals surface area contributed by atoms with Crippen molar-refractivity contribution in [3.8, 4) is 10.6 Å². The third-order valence-corrected chi connectivity index (χ3v) is 3.73. The maximum absolute atomic E-state index is 5.89. The van der Waals surface area contributed by atoms with Gasteiger partial charge < -0.3 is 5.73 Å². The number of nitrogens with one attached hydrogen (secondary N) is 1. The van der Waals surface area contributed by atoms with Crippen molar-refractivity contribution in [3.63, 3.8) is 0 Å². The van der Waals surface area contributed by atoms with Crippen molar-refractivity contribution in [2.24, 2.45) is 0 Å². The number of aromatic amines is 1. The predicted octanol–water partition coefficient (Wildman–Crippen LogP) is 3.24. The molecule has 0 radical (unpaired) electrons. The molecule has 0 saturated carbocycles. The van der Waals surface area contributed by atoms with Gasteiger partial charge in [-0.15, -0.1) is 11.3 Å². The second-order valence-corrected chi connectivity index (χ2v) is 4.76. The molecule has 3 N–H and O–H groups in total. The summed E-state index contributed by atoms with van der Waals surface area (Å²) >= 11 is 1.75. The van der Waals surface area contributed by atoms with Gasteiger partial charge in [-0.2, -0.15) is 5.10 Å². The number of aryl methyl sites for hydroxylation is 1. The summed E-state index contributed by atoms with van der Waals surface area (Å²) in [6.07, 6.45) is 3.12. The van der Waals surface area contributed by atoms with Crippen molar-refractivity contribution in [2.75, 3.05) is 5.73 Å². The van der Waals surface area contributed by atoms with Crippen LogP contribution in [0.5, 0.6) is 0 Å². The Kier molecular flexibility index (Phi) is 3.29. The van der Waals surface area contributed by atoms with Gasteiger partial charge in [-0.3, -0.25) is 5.10 Å². The minimum Gasteiger partial charge on any atom is -0.382 e. The Morgan fingerprint density at radius 2 is 2.25 bits per heavy atom. The van der Waals surface area contributed by atoms with Crippen LogP contribution in [0.15, 0.2) is 11.4 Å². The van der Waals surface area contributed by atoms with Gasteiger partial charge in [0.15, 0.2) is 0 Å². The number of anilines is 1. The van der Waals surface area contributed by atoms with E-state index in [0.29, 0.717) is 5.82 Å². The molecule has 2 rings (SSSR count). The van der Waals surface area contributed by atoms with Crippen LogP contribution in [0.25, 0.3) is 10.6 Å². The predicted molar refractivity (Wildman–Crippen MR) is 69.7 cm³/mol. The molecule has 0 bridgehead atoms. The van der Waals surface area contributed by atoms with Crippen LogP contribution >= 0.6 is 11.3 Å². The summed E-state index contributed by atoms with van der Waals surface area (Å²) in [6.45, 7) is 4.33. The summed E-state index contributed by atoms with van der Waals surface area (Å²) in [5, 5.41) is 9.32. The zero-order valence-corrected chi connectivity index (χ0v) is 10.5. The molecule has 2 heterocycles. The Labute approximate surface area is 99.7 Å². The van der Waals surface area contributed by atoms with Gasteiger partial charge in [0.05, 0.1) is 10.6 Å². The molecular weight excluding hydrogens is 218 g/mol. The van der Waals surface area contributed by atoms with Crippen LogP contribution in [0.2, 0.25) is 0 Å². The number of hydrogen-bond donors (Lipinski definition) is 2. The smallest absolute Gasteiger partial charge is 0.149 e. The number of aromatic nitrogens is 2. The fourth-order valence-corrected chi connectivity index (χ4v) is 2.92. The summed E-state index contributed by atoms with van der Waals surface area (Å²) in [4.78, 5) is 1.29. The van der Waals surface area contributed by atoms with Crippen molar-refractivity contribution in [2.45, 2.75) is 33.1 Å². The van der Waals surface area contributed by atoms with E-state index in [1.54, 1.807) is 11.3 Å². The highest BCUT2D eigenvalue weighted by Gasteiger charge is 2.15. The van der Waals surface area contributed by atoms with Crippen LogP contribution in [0.3, 0.4) is 0 Å². The molecule has 2 aromatic heterocycles. The van der Waals surface area contributed by atoms with E-state index in [4.69, 9.17) is 5.73 Å². The molecule has 0 amide bonds. The number of thiophene rings is 1. The molecule has 0 saturated heterocycles. The highest BCUT2D eigenvalue weighted by molar-refractivity contribution is 7.13. The average molecular weight is 235 g/mol. The van der Waals surface area contributed by atoms with Gasteiger partial charge in [-0.05, 0) is 29.9 Å². The lowest BCUT2D eigenvalue weighted by Gasteiger charge is -2.02. The summed E-state index contributed by atoms with van der Waals surface area (Å²) in [5.41, 5.74) is 9.54. The van der Waals surface area contributed by atoms with Crippen molar-refractivity contribution < 1.29 is 0 Å². The highest BCUT2D eigenvalue weighted by atomic mass is 32.1. The molecule has 0 spiro atoms. The third kappa shape index (κ3) is 1.85. The quantitative estimate of drug-likeness (QED) is 0.854. The Hall–Kier alpha value is -1.29. The van der Waals surface area contributed by atoms with Crippen LogP contribution in [0, 0.1) is 0 Å². The largest absolute Gasteiger partial charge is 0.382 e. The molecule has 0 unspecified atom stereocenters. The summed E-state index contributed by atoms with van der Waals surface area (Å²) < 4.78 is 0. The normalized spacial score (nSPS) is 10.9. The van der Waals surface area contributed by atoms with E-state index in [1.165, 1.54) is 16.0 Å². The first-order chi connectivity index (χ1) is 7.77. The first-order valence-corrected chi connectivity index (χ1v) is 6.55. The van der Waals surface area contributed by atoms with Gasteiger partial charge >= 0.3 is 0 Å². The zero-order valence-electron chi connectivity index (χ0n) is 9.71. The van der Waals surface area contributed by atoms with Gasteiger partial charge in [0.1, 0.15) is 5.82 Å². The van der Waals surface area contributed by atoms with E-state index >= 15 is 0 Å². The SMILES string of the molecule is CCCc1c(N)n[nH]c1-c1sccc1CC. The minimum atomic E-state index is 0.646. The Bertz CT molecular complexity index is 470. The van der Waals surface area contributed by atoms with E-state index in [1.807, 2.05) is 0 Å². The van der Waals surface area contributed by atoms with Crippen molar-refractivity contribution >= 4 is 17.2 Å². The maximum atomic E-state index is 5.89. The van der Waals surface area contributed by atoms with Crippen LogP contribution < -0.4 is 5.73 Å². The zero-order chi connectivity index (χ0) is 11.5. The lowest BCUT2D eigenvalue weighted by atomic mass is 10.1. The Morgan fingerprint density at radius 3 is 2.94 bits per heavy atom. The van der Waals surface area contributed by atoms with Gasteiger partial charge in [-0.25, -0.2) is 0 Å². The van der Waals surface area contributed by atoms with Crippen molar-refractivity contribution in [1.82, 2.24) is 10.2 Å². The molecule has 2 aromatic rings. The number of hydrogen-bond acceptors (Lipinski definition) is 3. The molecule has 0 aliphatic heterocycles. The highest BCUT2D eigenvalue weighted by Crippen LogP contribution is 2.33. The van der Waals surface area contributed by atoms with Crippen LogP contribution in [0.4, 0.5) is 5.82 Å². The van der Waals surface area contributed by atoms with Crippen molar-refractivity contribution in [3.05, 3.63) is 22.6 Å². The monoisotopic (exact) mass is 235 g/mol. The third-order valence-electron chi connectivity index (χ3n) is 2.75. The minimum absolute atomic E-state index is 0.646. The summed E-state index contributed by atoms with van der Waals surface area (Å²) in [6, 6.07) is 2.17. The van der Waals surface area contributed by atoms with E-state index in [-0.39, 0.29) is 0 Å². The topological polar surface area (TPSA) is 54.7 Å². The van der Waals surface area contributed by atoms with Crippen LogP contribution in [0.1, 0.15) is 31.4 Å². The number of nitrogens with zero attached hydrogens (tertiary/aromatic N) is 1. The maximum Gasteiger partial charge on any atom is 0.149 e. The number of rotatable bonds is 4. The Morgan fingerprint density at radius 1 is 1.44 bits per heavy atom. The lowest BCUT2D eigenvalue weighted by molar-refractivity contribution is 0.927. The van der Waals surface area contributed by atoms with Gasteiger partial charge in [-0.1, -0.05) is 20.3 Å². The van der Waals surface area contributed by atoms with Gasteiger partial charge in [0.2, 0.25) is 0 Å². The number of nitrogens with two attached hydrogens (primary N) is 1. The number of H-pyrrole nitrogens is 1. The molecular formula is C12H17N3S. The van der Waals surface area contributed by atoms with Crippen LogP contribution in [-0.4, -0.2) is 10.2 Å². The summed E-state index contributed by atoms with van der Waals surface area (Å²) in [7, 11) is 0. The molecule has 0 fully saturated rings. The van der Waals surface area contributed by atoms with Crippen LogP contribution in [-0.2, 0) is 12.8 Å². The molecule has 3 nitrogen and oxygen atoms in total. The van der Waals surface area contributed by atoms with E-state index in [2.05, 4.69) is 35.5 Å². The number of nitrogen functional groups attached to an aromatic ring is 1. The molecule has 4 heteroatoms. The summed E-state index contributed by atoms with van der Waals surface area (Å²) in [5.74, 6) is 0.646. The molecule has 86 valence electrons. The molecule has 0 aliphatic rings. The Balaban J connectivity index is 2.47. The molecule has 0 aliphatic carbocycles. The van der Waals surface area contributed by atoms with Crippen molar-refractivity contribution in [1.29, 1.82) is 0 Å². The second kappa shape index (κ2) is 4.70. The first-order valence-electron chi connectivity index (χ1n) is 5.67. The first kappa shape index (κ1) is 11.2. The molecule has 0 atom stereocenters. The lowest BCUT2D eigenvalue weighted by Crippen LogP contribution is -1.92. The average Bonchev–Trinajstić information content (AvgIpc) is 2.87. The molecule has 0 aromatic carbocycles. The van der Waals surface area contributed by atoms with E-state index in [9.17, 15) is 0 Å². The van der Waals surface area contributed by atoms with E-state index < -0.39 is 0 Å². The molecule has 16 heavy (non-hydrogen) atoms. The van der Waals surface area contributed by atoms with Gasteiger partial charge in [0.25, 0.3) is 0 Å². The van der Waals surface area contributed by atoms with Gasteiger partial charge in [0, 0.05) is 5.56 Å². The fraction of sp³-hybridized carbons (Fsp3) is 0.417.